The zero-order chi connectivity index (χ0) is 17.4. The Kier molecular flexibility index (Phi) is 6.82. The van der Waals surface area contributed by atoms with Gasteiger partial charge in [0.05, 0.1) is 6.61 Å². The van der Waals surface area contributed by atoms with E-state index in [-0.39, 0.29) is 5.91 Å². The summed E-state index contributed by atoms with van der Waals surface area (Å²) in [6.07, 6.45) is 0.762. The zero-order valence-corrected chi connectivity index (χ0v) is 14.4. The number of rotatable bonds is 8. The molecule has 0 saturated heterocycles. The first-order valence-corrected chi connectivity index (χ1v) is 8.36. The van der Waals surface area contributed by atoms with Gasteiger partial charge < -0.3 is 15.8 Å². The Hall–Kier alpha value is -2.33. The lowest BCUT2D eigenvalue weighted by atomic mass is 10.1. The molecule has 0 aliphatic rings. The molecule has 4 heteroatoms. The third kappa shape index (κ3) is 5.70. The largest absolute Gasteiger partial charge is 0.493 e. The normalized spacial score (nSPS) is 12.0. The summed E-state index contributed by atoms with van der Waals surface area (Å²) in [5, 5.41) is 2.89. The number of benzene rings is 2. The standard InChI is InChI=1S/C20H26N2O2/c1-15(2)14-24-18-10-8-16(9-11-18)12-13-22-20(23)19(21)17-6-4-3-5-7-17/h3-11,15,19H,12-14,21H2,1-2H3,(H,22,23). The number of carbonyl (C=O) groups excluding carboxylic acids is 1. The van der Waals surface area contributed by atoms with Crippen LogP contribution in [0.5, 0.6) is 5.75 Å². The molecule has 1 atom stereocenters. The molecule has 2 rings (SSSR count). The highest BCUT2D eigenvalue weighted by molar-refractivity contribution is 5.82. The van der Waals surface area contributed by atoms with Crippen molar-refractivity contribution in [2.24, 2.45) is 11.7 Å². The van der Waals surface area contributed by atoms with E-state index in [2.05, 4.69) is 19.2 Å². The van der Waals surface area contributed by atoms with E-state index in [1.807, 2.05) is 54.6 Å². The molecule has 0 heterocycles. The molecule has 0 aromatic heterocycles. The fourth-order valence-electron chi connectivity index (χ4n) is 2.27. The van der Waals surface area contributed by atoms with Crippen molar-refractivity contribution in [3.05, 3.63) is 65.7 Å². The smallest absolute Gasteiger partial charge is 0.241 e. The Balaban J connectivity index is 1.76. The van der Waals surface area contributed by atoms with Crippen LogP contribution in [0.25, 0.3) is 0 Å². The van der Waals surface area contributed by atoms with Crippen LogP contribution in [-0.2, 0) is 11.2 Å². The van der Waals surface area contributed by atoms with Gasteiger partial charge in [-0.2, -0.15) is 0 Å². The van der Waals surface area contributed by atoms with Gasteiger partial charge in [-0.3, -0.25) is 4.79 Å². The summed E-state index contributed by atoms with van der Waals surface area (Å²) in [5.41, 5.74) is 7.94. The van der Waals surface area contributed by atoms with E-state index in [0.29, 0.717) is 19.1 Å². The van der Waals surface area contributed by atoms with Crippen molar-refractivity contribution in [3.8, 4) is 5.75 Å². The lowest BCUT2D eigenvalue weighted by Crippen LogP contribution is -2.35. The van der Waals surface area contributed by atoms with Crippen LogP contribution in [0.15, 0.2) is 54.6 Å². The zero-order valence-electron chi connectivity index (χ0n) is 14.4. The van der Waals surface area contributed by atoms with Gasteiger partial charge in [-0.05, 0) is 35.6 Å². The van der Waals surface area contributed by atoms with Gasteiger partial charge in [-0.1, -0.05) is 56.3 Å². The van der Waals surface area contributed by atoms with Crippen LogP contribution in [0.3, 0.4) is 0 Å². The summed E-state index contributed by atoms with van der Waals surface area (Å²) in [5.74, 6) is 1.23. The summed E-state index contributed by atoms with van der Waals surface area (Å²) in [4.78, 5) is 12.1. The highest BCUT2D eigenvalue weighted by Crippen LogP contribution is 2.14. The third-order valence-corrected chi connectivity index (χ3v) is 3.66. The van der Waals surface area contributed by atoms with E-state index in [0.717, 1.165) is 23.3 Å². The highest BCUT2D eigenvalue weighted by Gasteiger charge is 2.14. The second-order valence-electron chi connectivity index (χ2n) is 6.28. The maximum absolute atomic E-state index is 12.1. The molecule has 0 spiro atoms. The molecule has 1 unspecified atom stereocenters. The number of ether oxygens (including phenoxy) is 1. The van der Waals surface area contributed by atoms with Gasteiger partial charge in [0.15, 0.2) is 0 Å². The Morgan fingerprint density at radius 1 is 1.08 bits per heavy atom. The Morgan fingerprint density at radius 3 is 2.38 bits per heavy atom. The molecule has 0 aliphatic carbocycles. The molecule has 2 aromatic rings. The topological polar surface area (TPSA) is 64.3 Å². The molecule has 0 fully saturated rings. The summed E-state index contributed by atoms with van der Waals surface area (Å²) in [6.45, 7) is 5.52. The number of hydrogen-bond acceptors (Lipinski definition) is 3. The van der Waals surface area contributed by atoms with E-state index in [1.54, 1.807) is 0 Å². The number of nitrogens with one attached hydrogen (secondary N) is 1. The minimum Gasteiger partial charge on any atom is -0.493 e. The van der Waals surface area contributed by atoms with Crippen LogP contribution >= 0.6 is 0 Å². The minimum atomic E-state index is -0.627. The molecule has 128 valence electrons. The van der Waals surface area contributed by atoms with Gasteiger partial charge in [-0.25, -0.2) is 0 Å². The minimum absolute atomic E-state index is 0.155. The molecule has 3 N–H and O–H groups in total. The van der Waals surface area contributed by atoms with Crippen molar-refractivity contribution in [1.29, 1.82) is 0 Å². The van der Waals surface area contributed by atoms with Crippen molar-refractivity contribution >= 4 is 5.91 Å². The number of nitrogens with two attached hydrogens (primary N) is 1. The van der Waals surface area contributed by atoms with Gasteiger partial charge in [0, 0.05) is 6.54 Å². The molecule has 4 nitrogen and oxygen atoms in total. The van der Waals surface area contributed by atoms with Crippen molar-refractivity contribution in [2.75, 3.05) is 13.2 Å². The molecule has 0 saturated carbocycles. The molecular weight excluding hydrogens is 300 g/mol. The fourth-order valence-corrected chi connectivity index (χ4v) is 2.27. The first-order chi connectivity index (χ1) is 11.6. The predicted octanol–water partition coefficient (Wildman–Crippen LogP) is 3.08. The van der Waals surface area contributed by atoms with Gasteiger partial charge in [0.25, 0.3) is 0 Å². The first-order valence-electron chi connectivity index (χ1n) is 8.36. The van der Waals surface area contributed by atoms with Gasteiger partial charge in [0.1, 0.15) is 11.8 Å². The summed E-state index contributed by atoms with van der Waals surface area (Å²) >= 11 is 0. The average Bonchev–Trinajstić information content (AvgIpc) is 2.61. The number of carbonyl (C=O) groups is 1. The second-order valence-corrected chi connectivity index (χ2v) is 6.28. The van der Waals surface area contributed by atoms with Crippen LogP contribution in [0, 0.1) is 5.92 Å². The SMILES string of the molecule is CC(C)COc1ccc(CCNC(=O)C(N)c2ccccc2)cc1. The number of hydrogen-bond donors (Lipinski definition) is 2. The lowest BCUT2D eigenvalue weighted by Gasteiger charge is -2.13. The Morgan fingerprint density at radius 2 is 1.75 bits per heavy atom. The molecule has 0 aliphatic heterocycles. The maximum atomic E-state index is 12.1. The van der Waals surface area contributed by atoms with Crippen molar-refractivity contribution in [2.45, 2.75) is 26.3 Å². The van der Waals surface area contributed by atoms with E-state index in [9.17, 15) is 4.79 Å². The van der Waals surface area contributed by atoms with Gasteiger partial charge in [0.2, 0.25) is 5.91 Å². The molecular formula is C20H26N2O2. The number of amides is 1. The summed E-state index contributed by atoms with van der Waals surface area (Å²) < 4.78 is 5.66. The Labute approximate surface area is 144 Å². The van der Waals surface area contributed by atoms with Gasteiger partial charge >= 0.3 is 0 Å². The second kappa shape index (κ2) is 9.08. The van der Waals surface area contributed by atoms with Crippen molar-refractivity contribution < 1.29 is 9.53 Å². The molecule has 1 amide bonds. The summed E-state index contributed by atoms with van der Waals surface area (Å²) in [7, 11) is 0. The van der Waals surface area contributed by atoms with E-state index < -0.39 is 6.04 Å². The van der Waals surface area contributed by atoms with E-state index >= 15 is 0 Å². The monoisotopic (exact) mass is 326 g/mol. The van der Waals surface area contributed by atoms with E-state index in [4.69, 9.17) is 10.5 Å². The van der Waals surface area contributed by atoms with Crippen LogP contribution in [0.1, 0.15) is 31.0 Å². The van der Waals surface area contributed by atoms with Crippen molar-refractivity contribution in [3.63, 3.8) is 0 Å². The van der Waals surface area contributed by atoms with E-state index in [1.165, 1.54) is 0 Å². The van der Waals surface area contributed by atoms with Crippen molar-refractivity contribution in [1.82, 2.24) is 5.32 Å². The Bertz CT molecular complexity index is 624. The lowest BCUT2D eigenvalue weighted by molar-refractivity contribution is -0.122. The van der Waals surface area contributed by atoms with Gasteiger partial charge in [-0.15, -0.1) is 0 Å². The molecule has 24 heavy (non-hydrogen) atoms. The highest BCUT2D eigenvalue weighted by atomic mass is 16.5. The first kappa shape index (κ1) is 18.0. The third-order valence-electron chi connectivity index (χ3n) is 3.66. The quantitative estimate of drug-likeness (QED) is 0.783. The van der Waals surface area contributed by atoms with Crippen LogP contribution in [0.4, 0.5) is 0 Å². The fraction of sp³-hybridized carbons (Fsp3) is 0.350. The molecule has 0 radical (unpaired) electrons. The van der Waals surface area contributed by atoms with Crippen LogP contribution in [0.2, 0.25) is 0 Å². The average molecular weight is 326 g/mol. The van der Waals surface area contributed by atoms with Crippen LogP contribution in [-0.4, -0.2) is 19.1 Å². The maximum Gasteiger partial charge on any atom is 0.241 e. The summed E-state index contributed by atoms with van der Waals surface area (Å²) in [6, 6.07) is 16.8. The van der Waals surface area contributed by atoms with Crippen LogP contribution < -0.4 is 15.8 Å². The molecule has 0 bridgehead atoms. The molecule has 2 aromatic carbocycles. The predicted molar refractivity (Wildman–Crippen MR) is 96.9 cm³/mol.